The van der Waals surface area contributed by atoms with Gasteiger partial charge in [0.1, 0.15) is 0 Å². The van der Waals surface area contributed by atoms with Crippen LogP contribution in [-0.4, -0.2) is 39.6 Å². The van der Waals surface area contributed by atoms with Gasteiger partial charge in [0.05, 0.1) is 22.7 Å². The van der Waals surface area contributed by atoms with Gasteiger partial charge < -0.3 is 9.88 Å². The summed E-state index contributed by atoms with van der Waals surface area (Å²) in [6.45, 7) is 2.35. The van der Waals surface area contributed by atoms with Crippen molar-refractivity contribution in [3.8, 4) is 5.69 Å². The van der Waals surface area contributed by atoms with E-state index in [0.717, 1.165) is 29.0 Å². The summed E-state index contributed by atoms with van der Waals surface area (Å²) in [7, 11) is 0. The van der Waals surface area contributed by atoms with Gasteiger partial charge in [0.2, 0.25) is 0 Å². The van der Waals surface area contributed by atoms with Crippen LogP contribution >= 0.6 is 11.6 Å². The predicted molar refractivity (Wildman–Crippen MR) is 85.2 cm³/mol. The molecule has 1 aromatic carbocycles. The van der Waals surface area contributed by atoms with Crippen LogP contribution in [0.15, 0.2) is 36.9 Å². The number of para-hydroxylation sites is 1. The molecule has 1 atom stereocenters. The van der Waals surface area contributed by atoms with Gasteiger partial charge in [0, 0.05) is 37.6 Å². The zero-order chi connectivity index (χ0) is 14.2. The van der Waals surface area contributed by atoms with Crippen LogP contribution in [0.2, 0.25) is 5.02 Å². The number of halogens is 1. The Labute approximate surface area is 129 Å². The van der Waals surface area contributed by atoms with Crippen LogP contribution in [0.25, 0.3) is 5.69 Å². The molecule has 1 saturated heterocycles. The number of hydrogen-bond acceptors (Lipinski definition) is 3. The molecule has 0 spiro atoms. The summed E-state index contributed by atoms with van der Waals surface area (Å²) in [4.78, 5) is 6.73. The Morgan fingerprint density at radius 1 is 1.24 bits per heavy atom. The Morgan fingerprint density at radius 3 is 2.90 bits per heavy atom. The third kappa shape index (κ3) is 2.65. The topological polar surface area (TPSA) is 33.1 Å². The van der Waals surface area contributed by atoms with Crippen LogP contribution in [0.4, 0.5) is 5.69 Å². The van der Waals surface area contributed by atoms with E-state index in [1.165, 1.54) is 25.8 Å². The number of hydrogen-bond donors (Lipinski definition) is 1. The van der Waals surface area contributed by atoms with E-state index in [1.54, 1.807) is 12.5 Å². The fourth-order valence-corrected chi connectivity index (χ4v) is 3.45. The molecule has 2 fully saturated rings. The van der Waals surface area contributed by atoms with Crippen LogP contribution in [0.1, 0.15) is 19.3 Å². The van der Waals surface area contributed by atoms with Gasteiger partial charge in [-0.15, -0.1) is 0 Å². The predicted octanol–water partition coefficient (Wildman–Crippen LogP) is 3.17. The number of likely N-dealkylation sites (tertiary alicyclic amines) is 1. The number of benzene rings is 1. The van der Waals surface area contributed by atoms with Crippen molar-refractivity contribution < 1.29 is 0 Å². The fraction of sp³-hybridized carbons (Fsp3) is 0.438. The average Bonchev–Trinajstić information content (AvgIpc) is 2.99. The molecule has 2 aromatic rings. The third-order valence-corrected chi connectivity index (χ3v) is 4.70. The van der Waals surface area contributed by atoms with E-state index in [1.807, 2.05) is 22.9 Å². The van der Waals surface area contributed by atoms with E-state index in [4.69, 9.17) is 11.6 Å². The number of rotatable bonds is 4. The molecule has 1 aromatic heterocycles. The largest absolute Gasteiger partial charge is 0.379 e. The van der Waals surface area contributed by atoms with Crippen molar-refractivity contribution in [3.63, 3.8) is 0 Å². The maximum absolute atomic E-state index is 6.40. The first-order valence-corrected chi connectivity index (χ1v) is 7.96. The third-order valence-electron chi connectivity index (χ3n) is 4.39. The molecule has 4 nitrogen and oxygen atoms in total. The summed E-state index contributed by atoms with van der Waals surface area (Å²) in [6, 6.07) is 7.38. The molecule has 21 heavy (non-hydrogen) atoms. The highest BCUT2D eigenvalue weighted by Gasteiger charge is 2.34. The van der Waals surface area contributed by atoms with E-state index in [0.29, 0.717) is 6.04 Å². The highest BCUT2D eigenvalue weighted by atomic mass is 35.5. The van der Waals surface area contributed by atoms with E-state index in [9.17, 15) is 0 Å². The second-order valence-corrected chi connectivity index (χ2v) is 6.37. The zero-order valence-corrected chi connectivity index (χ0v) is 12.6. The molecule has 0 radical (unpaired) electrons. The van der Waals surface area contributed by atoms with E-state index >= 15 is 0 Å². The lowest BCUT2D eigenvalue weighted by Gasteiger charge is -2.19. The number of imidazole rings is 1. The van der Waals surface area contributed by atoms with Crippen molar-refractivity contribution >= 4 is 17.3 Å². The molecule has 1 aliphatic heterocycles. The van der Waals surface area contributed by atoms with Gasteiger partial charge in [-0.25, -0.2) is 4.98 Å². The number of anilines is 1. The van der Waals surface area contributed by atoms with Crippen molar-refractivity contribution in [2.45, 2.75) is 31.3 Å². The molecule has 1 N–H and O–H groups in total. The summed E-state index contributed by atoms with van der Waals surface area (Å²) >= 11 is 6.40. The first-order chi connectivity index (χ1) is 10.3. The van der Waals surface area contributed by atoms with Gasteiger partial charge in [-0.05, 0) is 31.4 Å². The van der Waals surface area contributed by atoms with Gasteiger partial charge in [-0.3, -0.25) is 4.90 Å². The molecule has 0 amide bonds. The molecule has 2 heterocycles. The monoisotopic (exact) mass is 302 g/mol. The maximum atomic E-state index is 6.40. The molecule has 0 bridgehead atoms. The quantitative estimate of drug-likeness (QED) is 0.941. The zero-order valence-electron chi connectivity index (χ0n) is 11.9. The van der Waals surface area contributed by atoms with Crippen molar-refractivity contribution in [3.05, 3.63) is 41.9 Å². The minimum absolute atomic E-state index is 0.506. The fourth-order valence-electron chi connectivity index (χ4n) is 3.18. The Kier molecular flexibility index (Phi) is 3.36. The number of aromatic nitrogens is 2. The normalized spacial score (nSPS) is 22.6. The smallest absolute Gasteiger partial charge is 0.0992 e. The molecule has 1 saturated carbocycles. The summed E-state index contributed by atoms with van der Waals surface area (Å²) in [5.41, 5.74) is 2.07. The first kappa shape index (κ1) is 13.2. The molecular formula is C16H19ClN4. The van der Waals surface area contributed by atoms with Crippen LogP contribution in [0.3, 0.4) is 0 Å². The Bertz CT molecular complexity index is 621. The minimum Gasteiger partial charge on any atom is -0.379 e. The highest BCUT2D eigenvalue weighted by Crippen LogP contribution is 2.33. The van der Waals surface area contributed by atoms with Crippen LogP contribution in [0.5, 0.6) is 0 Å². The van der Waals surface area contributed by atoms with Crippen molar-refractivity contribution in [2.75, 3.05) is 18.4 Å². The summed E-state index contributed by atoms with van der Waals surface area (Å²) < 4.78 is 1.97. The minimum atomic E-state index is 0.506. The molecule has 1 unspecified atom stereocenters. The van der Waals surface area contributed by atoms with Gasteiger partial charge in [0.15, 0.2) is 0 Å². The van der Waals surface area contributed by atoms with Gasteiger partial charge in [0.25, 0.3) is 0 Å². The summed E-state index contributed by atoms with van der Waals surface area (Å²) in [5, 5.41) is 4.42. The Morgan fingerprint density at radius 2 is 2.14 bits per heavy atom. The molecule has 2 aliphatic rings. The van der Waals surface area contributed by atoms with E-state index in [-0.39, 0.29) is 0 Å². The number of nitrogens with one attached hydrogen (secondary N) is 1. The highest BCUT2D eigenvalue weighted by molar-refractivity contribution is 6.33. The molecule has 4 rings (SSSR count). The molecule has 110 valence electrons. The second-order valence-electron chi connectivity index (χ2n) is 5.96. The second kappa shape index (κ2) is 5.35. The summed E-state index contributed by atoms with van der Waals surface area (Å²) in [5.74, 6) is 0. The average molecular weight is 303 g/mol. The Hall–Kier alpha value is -1.52. The van der Waals surface area contributed by atoms with E-state index < -0.39 is 0 Å². The standard InChI is InChI=1S/C16H19ClN4/c17-14-2-1-3-15(16(14)21-9-7-18-11-21)19-12-6-8-20(10-12)13-4-5-13/h1-3,7,9,11-13,19H,4-6,8,10H2. The molecular weight excluding hydrogens is 284 g/mol. The molecule has 5 heteroatoms. The van der Waals surface area contributed by atoms with Crippen LogP contribution in [-0.2, 0) is 0 Å². The lowest BCUT2D eigenvalue weighted by Crippen LogP contribution is -2.28. The SMILES string of the molecule is Clc1cccc(NC2CCN(C3CC3)C2)c1-n1ccnc1. The summed E-state index contributed by atoms with van der Waals surface area (Å²) in [6.07, 6.45) is 9.45. The lowest BCUT2D eigenvalue weighted by atomic mass is 10.2. The van der Waals surface area contributed by atoms with Crippen molar-refractivity contribution in [1.29, 1.82) is 0 Å². The van der Waals surface area contributed by atoms with Gasteiger partial charge >= 0.3 is 0 Å². The maximum Gasteiger partial charge on any atom is 0.0992 e. The van der Waals surface area contributed by atoms with Crippen molar-refractivity contribution in [2.24, 2.45) is 0 Å². The van der Waals surface area contributed by atoms with Gasteiger partial charge in [-0.1, -0.05) is 17.7 Å². The number of nitrogens with zero attached hydrogens (tertiary/aromatic N) is 3. The van der Waals surface area contributed by atoms with Crippen LogP contribution in [0, 0.1) is 0 Å². The Balaban J connectivity index is 1.56. The lowest BCUT2D eigenvalue weighted by molar-refractivity contribution is 0.326. The van der Waals surface area contributed by atoms with Gasteiger partial charge in [-0.2, -0.15) is 0 Å². The molecule has 1 aliphatic carbocycles. The van der Waals surface area contributed by atoms with E-state index in [2.05, 4.69) is 21.3 Å². The van der Waals surface area contributed by atoms with Crippen LogP contribution < -0.4 is 5.32 Å². The first-order valence-electron chi connectivity index (χ1n) is 7.59. The van der Waals surface area contributed by atoms with Crippen molar-refractivity contribution in [1.82, 2.24) is 14.5 Å².